The third kappa shape index (κ3) is 2.70. The number of amides is 1. The summed E-state index contributed by atoms with van der Waals surface area (Å²) >= 11 is 0. The molecule has 0 spiro atoms. The first-order valence-corrected chi connectivity index (χ1v) is 7.21. The van der Waals surface area contributed by atoms with E-state index in [4.69, 9.17) is 0 Å². The van der Waals surface area contributed by atoms with E-state index in [9.17, 15) is 9.00 Å². The van der Waals surface area contributed by atoms with Crippen LogP contribution in [0.2, 0.25) is 0 Å². The number of carbonyl (C=O) groups is 1. The summed E-state index contributed by atoms with van der Waals surface area (Å²) < 4.78 is 13.6. The molecule has 0 bridgehead atoms. The highest BCUT2D eigenvalue weighted by atomic mass is 32.2. The van der Waals surface area contributed by atoms with Crippen LogP contribution < -0.4 is 0 Å². The Labute approximate surface area is 110 Å². The molecule has 0 aliphatic carbocycles. The summed E-state index contributed by atoms with van der Waals surface area (Å²) in [6, 6.07) is 9.45. The zero-order valence-corrected chi connectivity index (χ0v) is 11.4. The minimum absolute atomic E-state index is 0.0803. The Morgan fingerprint density at radius 1 is 1.22 bits per heavy atom. The molecule has 3 atom stereocenters. The minimum atomic E-state index is -1.26. The Kier molecular flexibility index (Phi) is 3.97. The van der Waals surface area contributed by atoms with E-state index < -0.39 is 11.0 Å². The number of hydrogen-bond donors (Lipinski definition) is 0. The molecule has 1 aliphatic rings. The van der Waals surface area contributed by atoms with Gasteiger partial charge in [-0.15, -0.1) is 0 Å². The first-order valence-electron chi connectivity index (χ1n) is 6.04. The molecule has 1 amide bonds. The lowest BCUT2D eigenvalue weighted by atomic mass is 10.1. The quantitative estimate of drug-likeness (QED) is 0.766. The maximum absolute atomic E-state index is 12.2. The Bertz CT molecular complexity index is 484. The van der Waals surface area contributed by atoms with Crippen LogP contribution in [0.4, 0.5) is 0 Å². The topological polar surface area (TPSA) is 37.4 Å². The van der Waals surface area contributed by atoms with E-state index in [0.717, 1.165) is 5.56 Å². The molecule has 1 heterocycles. The summed E-state index contributed by atoms with van der Waals surface area (Å²) in [5.74, 6) is -0.0803. The molecule has 4 heteroatoms. The van der Waals surface area contributed by atoms with Crippen molar-refractivity contribution in [3.05, 3.63) is 48.0 Å². The van der Waals surface area contributed by atoms with E-state index in [-0.39, 0.29) is 17.2 Å². The molecular formula is C14H17NO2S. The Morgan fingerprint density at radius 2 is 1.89 bits per heavy atom. The van der Waals surface area contributed by atoms with E-state index in [1.54, 1.807) is 0 Å². The zero-order valence-electron chi connectivity index (χ0n) is 10.6. The zero-order chi connectivity index (χ0) is 13.1. The lowest BCUT2D eigenvalue weighted by molar-refractivity contribution is -0.126. The molecule has 3 nitrogen and oxygen atoms in total. The van der Waals surface area contributed by atoms with Gasteiger partial charge in [0.25, 0.3) is 0 Å². The predicted octanol–water partition coefficient (Wildman–Crippen LogP) is 2.07. The molecule has 0 N–H and O–H groups in total. The Hall–Kier alpha value is -1.42. The second kappa shape index (κ2) is 5.48. The molecule has 1 aromatic carbocycles. The molecule has 1 aliphatic heterocycles. The van der Waals surface area contributed by atoms with E-state index in [1.807, 2.05) is 56.3 Å². The maximum atomic E-state index is 12.2. The van der Waals surface area contributed by atoms with Crippen LogP contribution in [0, 0.1) is 0 Å². The molecule has 96 valence electrons. The van der Waals surface area contributed by atoms with Crippen molar-refractivity contribution in [2.75, 3.05) is 0 Å². The van der Waals surface area contributed by atoms with Gasteiger partial charge >= 0.3 is 0 Å². The van der Waals surface area contributed by atoms with Gasteiger partial charge in [0.05, 0.1) is 17.7 Å². The Balaban J connectivity index is 2.14. The van der Waals surface area contributed by atoms with Crippen molar-refractivity contribution in [2.45, 2.75) is 31.6 Å². The van der Waals surface area contributed by atoms with Crippen molar-refractivity contribution < 1.29 is 9.00 Å². The van der Waals surface area contributed by atoms with Crippen LogP contribution in [0.3, 0.4) is 0 Å². The van der Waals surface area contributed by atoms with Crippen LogP contribution in [0.15, 0.2) is 42.5 Å². The van der Waals surface area contributed by atoms with Gasteiger partial charge in [-0.3, -0.25) is 9.10 Å². The molecule has 2 rings (SSSR count). The summed E-state index contributed by atoms with van der Waals surface area (Å²) in [5, 5.41) is -0.0964. The van der Waals surface area contributed by atoms with Crippen LogP contribution in [0.1, 0.15) is 19.4 Å². The molecule has 0 aromatic heterocycles. The normalized spacial score (nSPS) is 27.2. The highest BCUT2D eigenvalue weighted by molar-refractivity contribution is 7.84. The van der Waals surface area contributed by atoms with E-state index in [0.29, 0.717) is 6.42 Å². The maximum Gasteiger partial charge on any atom is 0.239 e. The van der Waals surface area contributed by atoms with Crippen molar-refractivity contribution in [3.8, 4) is 0 Å². The summed E-state index contributed by atoms with van der Waals surface area (Å²) in [4.78, 5) is 12.2. The predicted molar refractivity (Wildman–Crippen MR) is 73.2 cm³/mol. The van der Waals surface area contributed by atoms with Crippen molar-refractivity contribution in [1.29, 1.82) is 0 Å². The lowest BCUT2D eigenvalue weighted by Gasteiger charge is -2.31. The van der Waals surface area contributed by atoms with Crippen molar-refractivity contribution in [1.82, 2.24) is 4.31 Å². The first kappa shape index (κ1) is 13.0. The largest absolute Gasteiger partial charge is 0.273 e. The molecular weight excluding hydrogens is 246 g/mol. The summed E-state index contributed by atoms with van der Waals surface area (Å²) in [6.45, 7) is 3.75. The van der Waals surface area contributed by atoms with Crippen LogP contribution in [-0.4, -0.2) is 25.7 Å². The molecule has 0 fully saturated rings. The molecule has 0 radical (unpaired) electrons. The van der Waals surface area contributed by atoms with Crippen molar-refractivity contribution in [2.24, 2.45) is 0 Å². The van der Waals surface area contributed by atoms with Gasteiger partial charge in [0.2, 0.25) is 5.91 Å². The number of hydrogen-bond acceptors (Lipinski definition) is 2. The second-order valence-corrected chi connectivity index (χ2v) is 6.18. The number of rotatable bonds is 2. The standard InChI is InChI=1S/C14H17NO2S/c1-11-8-9-12(2)18(17)15(11)14(16)10-13-6-4-3-5-7-13/h3-9,11-12H,10H2,1-2H3/t11-,12-,18-/m1/s1. The third-order valence-corrected chi connectivity index (χ3v) is 4.70. The average molecular weight is 263 g/mol. The molecule has 18 heavy (non-hydrogen) atoms. The monoisotopic (exact) mass is 263 g/mol. The van der Waals surface area contributed by atoms with Crippen LogP contribution in [-0.2, 0) is 22.2 Å². The summed E-state index contributed by atoms with van der Waals surface area (Å²) in [7, 11) is -1.26. The first-order chi connectivity index (χ1) is 8.59. The number of nitrogens with zero attached hydrogens (tertiary/aromatic N) is 1. The number of benzene rings is 1. The van der Waals surface area contributed by atoms with Crippen LogP contribution in [0.5, 0.6) is 0 Å². The molecule has 0 saturated carbocycles. The fraction of sp³-hybridized carbons (Fsp3) is 0.357. The second-order valence-electron chi connectivity index (χ2n) is 4.49. The van der Waals surface area contributed by atoms with E-state index in [2.05, 4.69) is 0 Å². The lowest BCUT2D eigenvalue weighted by Crippen LogP contribution is -2.45. The third-order valence-electron chi connectivity index (χ3n) is 2.99. The van der Waals surface area contributed by atoms with Gasteiger partial charge in [0.1, 0.15) is 11.0 Å². The van der Waals surface area contributed by atoms with E-state index in [1.165, 1.54) is 4.31 Å². The van der Waals surface area contributed by atoms with E-state index >= 15 is 0 Å². The van der Waals surface area contributed by atoms with Crippen molar-refractivity contribution in [3.63, 3.8) is 0 Å². The molecule has 1 aromatic rings. The summed E-state index contributed by atoms with van der Waals surface area (Å²) in [5.41, 5.74) is 0.953. The van der Waals surface area contributed by atoms with Gasteiger partial charge in [0, 0.05) is 0 Å². The molecule has 0 saturated heterocycles. The van der Waals surface area contributed by atoms with Crippen molar-refractivity contribution >= 4 is 16.9 Å². The van der Waals surface area contributed by atoms with Crippen LogP contribution >= 0.6 is 0 Å². The van der Waals surface area contributed by atoms with Gasteiger partial charge in [0.15, 0.2) is 0 Å². The average Bonchev–Trinajstić information content (AvgIpc) is 2.36. The fourth-order valence-corrected chi connectivity index (χ4v) is 3.23. The highest BCUT2D eigenvalue weighted by Gasteiger charge is 2.30. The van der Waals surface area contributed by atoms with Gasteiger partial charge in [-0.25, -0.2) is 4.21 Å². The van der Waals surface area contributed by atoms with Gasteiger partial charge in [-0.05, 0) is 19.4 Å². The summed E-state index contributed by atoms with van der Waals surface area (Å²) in [6.07, 6.45) is 4.15. The minimum Gasteiger partial charge on any atom is -0.273 e. The van der Waals surface area contributed by atoms with Crippen LogP contribution in [0.25, 0.3) is 0 Å². The van der Waals surface area contributed by atoms with Gasteiger partial charge < -0.3 is 0 Å². The highest BCUT2D eigenvalue weighted by Crippen LogP contribution is 2.18. The fourth-order valence-electron chi connectivity index (χ4n) is 1.98. The SMILES string of the molecule is C[C@@H]1C=C[C@@H](C)[S@@](=O)N1C(=O)Cc1ccccc1. The van der Waals surface area contributed by atoms with Gasteiger partial charge in [-0.1, -0.05) is 42.5 Å². The Morgan fingerprint density at radius 3 is 2.56 bits per heavy atom. The smallest absolute Gasteiger partial charge is 0.239 e. The number of carbonyl (C=O) groups excluding carboxylic acids is 1. The molecule has 0 unspecified atom stereocenters. The van der Waals surface area contributed by atoms with Gasteiger partial charge in [-0.2, -0.15) is 0 Å².